The van der Waals surface area contributed by atoms with Crippen LogP contribution in [0, 0.1) is 0 Å². The van der Waals surface area contributed by atoms with Gasteiger partial charge in [-0.3, -0.25) is 4.84 Å². The molecule has 5 heteroatoms. The van der Waals surface area contributed by atoms with Crippen molar-refractivity contribution in [1.29, 1.82) is 0 Å². The van der Waals surface area contributed by atoms with Crippen LogP contribution in [0.2, 0.25) is 0 Å². The predicted octanol–water partition coefficient (Wildman–Crippen LogP) is 5.70. The number of rotatable bonds is 15. The number of unbranched alkanes of at least 4 members (excludes halogenated alkanes) is 7. The maximum absolute atomic E-state index is 10.6. The van der Waals surface area contributed by atoms with Gasteiger partial charge in [0.1, 0.15) is 23.2 Å². The van der Waals surface area contributed by atoms with Crippen LogP contribution in [0.3, 0.4) is 0 Å². The van der Waals surface area contributed by atoms with Gasteiger partial charge >= 0.3 is 6.03 Å². The number of primary amides is 1. The van der Waals surface area contributed by atoms with E-state index in [2.05, 4.69) is 96.5 Å². The molecule has 0 fully saturated rings. The summed E-state index contributed by atoms with van der Waals surface area (Å²) in [6.45, 7) is 0.521. The van der Waals surface area contributed by atoms with Crippen LogP contribution in [0.4, 0.5) is 4.79 Å². The number of benzene rings is 3. The van der Waals surface area contributed by atoms with Crippen LogP contribution >= 0.6 is 7.26 Å². The number of hydrogen-bond donors (Lipinski definition) is 2. The minimum Gasteiger partial charge on any atom is -0.350 e. The van der Waals surface area contributed by atoms with Gasteiger partial charge in [-0.1, -0.05) is 86.7 Å². The lowest BCUT2D eigenvalue weighted by Crippen LogP contribution is -2.33. The maximum atomic E-state index is 10.6. The Morgan fingerprint density at radius 1 is 0.618 bits per heavy atom. The molecule has 180 valence electrons. The van der Waals surface area contributed by atoms with E-state index in [1.54, 1.807) is 0 Å². The molecule has 0 heterocycles. The molecular weight excluding hydrogens is 439 g/mol. The van der Waals surface area contributed by atoms with Crippen molar-refractivity contribution in [1.82, 2.24) is 5.48 Å². The lowest BCUT2D eigenvalue weighted by atomic mass is 10.1. The van der Waals surface area contributed by atoms with Crippen molar-refractivity contribution in [2.45, 2.75) is 51.4 Å². The smallest absolute Gasteiger partial charge is 0.336 e. The van der Waals surface area contributed by atoms with Crippen molar-refractivity contribution in [3.8, 4) is 0 Å². The third kappa shape index (κ3) is 7.68. The molecule has 0 spiro atoms. The average molecular weight is 478 g/mol. The zero-order valence-corrected chi connectivity index (χ0v) is 21.0. The zero-order valence-electron chi connectivity index (χ0n) is 20.1. The first-order valence-corrected chi connectivity index (χ1v) is 14.4. The van der Waals surface area contributed by atoms with E-state index in [-0.39, 0.29) is 0 Å². The Hall–Kier alpha value is -2.68. The molecule has 0 atom stereocenters. The van der Waals surface area contributed by atoms with Gasteiger partial charge < -0.3 is 5.73 Å². The standard InChI is InChI=1S/C29H37N2O2P/c30-29(32)31-33-24-16-5-3-1-2-4-6-17-25-34(26-18-10-7-11-19-26,27-20-12-8-13-21-27)28-22-14-9-15-23-28/h7-15,18-23H,1-6,16-17,24-25H2,(H2-,30,31,32)/p+1. The highest BCUT2D eigenvalue weighted by molar-refractivity contribution is 7.95. The van der Waals surface area contributed by atoms with Crippen LogP contribution in [0.5, 0.6) is 0 Å². The fraction of sp³-hybridized carbons (Fsp3) is 0.345. The molecule has 3 rings (SSSR count). The van der Waals surface area contributed by atoms with E-state index in [0.717, 1.165) is 12.8 Å². The molecule has 3 aromatic carbocycles. The van der Waals surface area contributed by atoms with E-state index >= 15 is 0 Å². The van der Waals surface area contributed by atoms with Gasteiger partial charge in [0.2, 0.25) is 0 Å². The maximum Gasteiger partial charge on any atom is 0.336 e. The third-order valence-corrected chi connectivity index (χ3v) is 10.8. The summed E-state index contributed by atoms with van der Waals surface area (Å²) in [5.41, 5.74) is 7.13. The summed E-state index contributed by atoms with van der Waals surface area (Å²) >= 11 is 0. The molecule has 0 unspecified atom stereocenters. The second-order valence-electron chi connectivity index (χ2n) is 8.68. The van der Waals surface area contributed by atoms with Crippen LogP contribution in [0.15, 0.2) is 91.0 Å². The van der Waals surface area contributed by atoms with Crippen LogP contribution in [0.25, 0.3) is 0 Å². The lowest BCUT2D eigenvalue weighted by Gasteiger charge is -2.27. The van der Waals surface area contributed by atoms with E-state index in [9.17, 15) is 4.79 Å². The van der Waals surface area contributed by atoms with Crippen LogP contribution < -0.4 is 27.1 Å². The molecule has 2 amide bonds. The van der Waals surface area contributed by atoms with Gasteiger partial charge in [0.25, 0.3) is 0 Å². The number of nitrogens with one attached hydrogen (secondary N) is 1. The number of carbonyl (C=O) groups is 1. The van der Waals surface area contributed by atoms with Gasteiger partial charge in [-0.05, 0) is 55.7 Å². The summed E-state index contributed by atoms with van der Waals surface area (Å²) in [6.07, 6.45) is 10.8. The van der Waals surface area contributed by atoms with Gasteiger partial charge in [0.05, 0.1) is 12.8 Å². The summed E-state index contributed by atoms with van der Waals surface area (Å²) in [4.78, 5) is 15.5. The molecule has 0 radical (unpaired) electrons. The van der Waals surface area contributed by atoms with Crippen molar-refractivity contribution in [3.05, 3.63) is 91.0 Å². The molecular formula is C29H38N2O2P+. The van der Waals surface area contributed by atoms with Crippen molar-refractivity contribution in [2.24, 2.45) is 5.73 Å². The highest BCUT2D eigenvalue weighted by atomic mass is 31.2. The summed E-state index contributed by atoms with van der Waals surface area (Å²) in [5, 5.41) is 4.42. The highest BCUT2D eigenvalue weighted by Crippen LogP contribution is 2.55. The topological polar surface area (TPSA) is 64.4 Å². The molecule has 0 aliphatic carbocycles. The Bertz CT molecular complexity index is 855. The first-order valence-electron chi connectivity index (χ1n) is 12.5. The fourth-order valence-electron chi connectivity index (χ4n) is 4.59. The first kappa shape index (κ1) is 25.9. The minimum absolute atomic E-state index is 0.521. The van der Waals surface area contributed by atoms with E-state index in [4.69, 9.17) is 10.6 Å². The molecule has 0 aliphatic rings. The number of hydroxylamine groups is 1. The second-order valence-corrected chi connectivity index (χ2v) is 12.3. The van der Waals surface area contributed by atoms with E-state index in [1.165, 1.54) is 60.6 Å². The molecule has 3 aromatic rings. The number of nitrogens with two attached hydrogens (primary N) is 1. The van der Waals surface area contributed by atoms with Crippen LogP contribution in [-0.4, -0.2) is 18.8 Å². The Morgan fingerprint density at radius 2 is 1.00 bits per heavy atom. The summed E-state index contributed by atoms with van der Waals surface area (Å²) < 4.78 is 0. The highest BCUT2D eigenvalue weighted by Gasteiger charge is 2.44. The molecule has 0 saturated carbocycles. The Kier molecular flexibility index (Phi) is 11.1. The van der Waals surface area contributed by atoms with Gasteiger partial charge in [-0.25, -0.2) is 10.3 Å². The minimum atomic E-state index is -1.69. The Morgan fingerprint density at radius 3 is 1.41 bits per heavy atom. The first-order chi connectivity index (χ1) is 16.7. The summed E-state index contributed by atoms with van der Waals surface area (Å²) in [7, 11) is -1.69. The van der Waals surface area contributed by atoms with E-state index in [1.807, 2.05) is 0 Å². The van der Waals surface area contributed by atoms with Crippen LogP contribution in [0.1, 0.15) is 51.4 Å². The molecule has 3 N–H and O–H groups in total. The van der Waals surface area contributed by atoms with Gasteiger partial charge in [-0.15, -0.1) is 0 Å². The van der Waals surface area contributed by atoms with Gasteiger partial charge in [0.15, 0.2) is 0 Å². The SMILES string of the molecule is NC(=O)NOCCCCCCCCCC[P+](c1ccccc1)(c1ccccc1)c1ccccc1. The molecule has 0 aromatic heterocycles. The van der Waals surface area contributed by atoms with Gasteiger partial charge in [-0.2, -0.15) is 0 Å². The molecule has 34 heavy (non-hydrogen) atoms. The molecule has 0 saturated heterocycles. The molecule has 4 nitrogen and oxygen atoms in total. The number of urea groups is 1. The van der Waals surface area contributed by atoms with Crippen LogP contribution in [-0.2, 0) is 4.84 Å². The summed E-state index contributed by atoms with van der Waals surface area (Å²) in [6, 6.07) is 32.8. The largest absolute Gasteiger partial charge is 0.350 e. The third-order valence-electron chi connectivity index (χ3n) is 6.25. The van der Waals surface area contributed by atoms with E-state index in [0.29, 0.717) is 6.61 Å². The molecule has 0 aliphatic heterocycles. The predicted molar refractivity (Wildman–Crippen MR) is 146 cm³/mol. The van der Waals surface area contributed by atoms with Crippen molar-refractivity contribution < 1.29 is 9.63 Å². The number of carbonyl (C=O) groups excluding carboxylic acids is 1. The van der Waals surface area contributed by atoms with Crippen molar-refractivity contribution >= 4 is 29.2 Å². The normalized spacial score (nSPS) is 11.3. The van der Waals surface area contributed by atoms with Crippen molar-refractivity contribution in [2.75, 3.05) is 12.8 Å². The average Bonchev–Trinajstić information content (AvgIpc) is 2.88. The second kappa shape index (κ2) is 14.6. The van der Waals surface area contributed by atoms with E-state index < -0.39 is 13.3 Å². The van der Waals surface area contributed by atoms with Gasteiger partial charge in [0, 0.05) is 0 Å². The summed E-state index contributed by atoms with van der Waals surface area (Å²) in [5.74, 6) is 0. The fourth-order valence-corrected chi connectivity index (χ4v) is 9.00. The Labute approximate surface area is 205 Å². The lowest BCUT2D eigenvalue weighted by molar-refractivity contribution is 0.0616. The van der Waals surface area contributed by atoms with Crippen molar-refractivity contribution in [3.63, 3.8) is 0 Å². The number of hydrogen-bond acceptors (Lipinski definition) is 2. The molecule has 0 bridgehead atoms. The monoisotopic (exact) mass is 477 g/mol. The quantitative estimate of drug-likeness (QED) is 0.168. The Balaban J connectivity index is 1.55. The number of amides is 2. The zero-order chi connectivity index (χ0) is 23.9.